The maximum atomic E-state index is 12.2. The Morgan fingerprint density at radius 1 is 1.50 bits per heavy atom. The van der Waals surface area contributed by atoms with Gasteiger partial charge in [-0.05, 0) is 0 Å². The van der Waals surface area contributed by atoms with Gasteiger partial charge >= 0.3 is 5.97 Å². The van der Waals surface area contributed by atoms with Gasteiger partial charge in [-0.2, -0.15) is 0 Å². The van der Waals surface area contributed by atoms with Crippen molar-refractivity contribution in [1.29, 1.82) is 0 Å². The molecule has 1 aromatic rings. The zero-order valence-electron chi connectivity index (χ0n) is 6.47. The average Bonchev–Trinajstić information content (AvgIpc) is 2.02. The molecule has 14 heavy (non-hydrogen) atoms. The van der Waals surface area contributed by atoms with E-state index < -0.39 is 33.7 Å². The quantitative estimate of drug-likeness (QED) is 0.810. The van der Waals surface area contributed by atoms with Crippen LogP contribution in [0.25, 0.3) is 0 Å². The van der Waals surface area contributed by atoms with Crippen molar-refractivity contribution >= 4 is 29.2 Å². The Kier molecular flexibility index (Phi) is 3.23. The lowest BCUT2D eigenvalue weighted by Gasteiger charge is -2.06. The number of hydrogen-bond donors (Lipinski definition) is 1. The van der Waals surface area contributed by atoms with Gasteiger partial charge in [-0.25, -0.2) is 18.6 Å². The van der Waals surface area contributed by atoms with Crippen LogP contribution in [0.2, 0.25) is 10.2 Å². The largest absolute Gasteiger partial charge is 0.478 e. The fourth-order valence-corrected chi connectivity index (χ4v) is 1.39. The summed E-state index contributed by atoms with van der Waals surface area (Å²) in [6, 6.07) is 0. The van der Waals surface area contributed by atoms with Crippen LogP contribution in [0.3, 0.4) is 0 Å². The van der Waals surface area contributed by atoms with Crippen molar-refractivity contribution in [2.45, 2.75) is 6.43 Å². The van der Waals surface area contributed by atoms with Crippen molar-refractivity contribution in [1.82, 2.24) is 4.98 Å². The molecule has 0 amide bonds. The first-order chi connectivity index (χ1) is 6.45. The standard InChI is InChI=1S/C7H3Cl2F2NO2/c8-4-2(6(10)11)1-12-5(9)3(4)7(13)14/h1,6H,(H,13,14). The molecule has 0 saturated heterocycles. The molecule has 0 saturated carbocycles. The smallest absolute Gasteiger partial charge is 0.340 e. The van der Waals surface area contributed by atoms with Gasteiger partial charge in [0, 0.05) is 6.20 Å². The number of carboxylic acids is 1. The second-order valence-corrected chi connectivity index (χ2v) is 3.04. The maximum absolute atomic E-state index is 12.2. The molecule has 1 N–H and O–H groups in total. The van der Waals surface area contributed by atoms with Crippen molar-refractivity contribution < 1.29 is 18.7 Å². The van der Waals surface area contributed by atoms with Gasteiger partial charge in [0.25, 0.3) is 6.43 Å². The van der Waals surface area contributed by atoms with Crippen molar-refractivity contribution in [2.24, 2.45) is 0 Å². The van der Waals surface area contributed by atoms with Crippen LogP contribution in [0.4, 0.5) is 8.78 Å². The third-order valence-electron chi connectivity index (χ3n) is 1.45. The molecular formula is C7H3Cl2F2NO2. The molecule has 0 fully saturated rings. The first-order valence-corrected chi connectivity index (χ1v) is 4.06. The average molecular weight is 242 g/mol. The molecule has 7 heteroatoms. The Labute approximate surface area is 87.3 Å². The van der Waals surface area contributed by atoms with E-state index >= 15 is 0 Å². The van der Waals surface area contributed by atoms with Crippen LogP contribution < -0.4 is 0 Å². The Morgan fingerprint density at radius 3 is 2.50 bits per heavy atom. The van der Waals surface area contributed by atoms with Crippen LogP contribution >= 0.6 is 23.2 Å². The summed E-state index contributed by atoms with van der Waals surface area (Å²) in [4.78, 5) is 13.9. The number of hydrogen-bond acceptors (Lipinski definition) is 2. The van der Waals surface area contributed by atoms with Crippen LogP contribution in [-0.4, -0.2) is 16.1 Å². The van der Waals surface area contributed by atoms with Crippen molar-refractivity contribution in [2.75, 3.05) is 0 Å². The van der Waals surface area contributed by atoms with E-state index in [9.17, 15) is 13.6 Å². The van der Waals surface area contributed by atoms with E-state index in [1.165, 1.54) is 0 Å². The highest BCUT2D eigenvalue weighted by Crippen LogP contribution is 2.32. The molecule has 0 unspecified atom stereocenters. The number of aromatic nitrogens is 1. The van der Waals surface area contributed by atoms with Crippen LogP contribution in [0.1, 0.15) is 22.3 Å². The fourth-order valence-electron chi connectivity index (χ4n) is 0.817. The second kappa shape index (κ2) is 4.06. The maximum Gasteiger partial charge on any atom is 0.340 e. The van der Waals surface area contributed by atoms with E-state index in [1.807, 2.05) is 0 Å². The summed E-state index contributed by atoms with van der Waals surface area (Å²) >= 11 is 10.8. The molecular weight excluding hydrogens is 239 g/mol. The number of nitrogens with zero attached hydrogens (tertiary/aromatic N) is 1. The zero-order chi connectivity index (χ0) is 10.9. The Morgan fingerprint density at radius 2 is 2.07 bits per heavy atom. The molecule has 0 aliphatic rings. The van der Waals surface area contributed by atoms with Crippen LogP contribution in [0.5, 0.6) is 0 Å². The minimum absolute atomic E-state index is 0.410. The van der Waals surface area contributed by atoms with Crippen LogP contribution in [0.15, 0.2) is 6.20 Å². The number of rotatable bonds is 2. The second-order valence-electron chi connectivity index (χ2n) is 2.30. The van der Waals surface area contributed by atoms with E-state index in [4.69, 9.17) is 28.3 Å². The molecule has 76 valence electrons. The van der Waals surface area contributed by atoms with Gasteiger partial charge in [0.1, 0.15) is 10.7 Å². The minimum atomic E-state index is -2.88. The molecule has 1 rings (SSSR count). The topological polar surface area (TPSA) is 50.2 Å². The van der Waals surface area contributed by atoms with Gasteiger partial charge in [0.2, 0.25) is 0 Å². The molecule has 0 radical (unpaired) electrons. The van der Waals surface area contributed by atoms with Gasteiger partial charge in [-0.15, -0.1) is 0 Å². The molecule has 0 spiro atoms. The highest BCUT2D eigenvalue weighted by atomic mass is 35.5. The van der Waals surface area contributed by atoms with E-state index in [2.05, 4.69) is 4.98 Å². The summed E-state index contributed by atoms with van der Waals surface area (Å²) in [5, 5.41) is 7.61. The monoisotopic (exact) mass is 241 g/mol. The molecule has 1 heterocycles. The minimum Gasteiger partial charge on any atom is -0.478 e. The normalized spacial score (nSPS) is 10.6. The first-order valence-electron chi connectivity index (χ1n) is 3.30. The number of carboxylic acid groups (broad SMARTS) is 1. The Bertz CT molecular complexity index is 384. The first kappa shape index (κ1) is 11.1. The summed E-state index contributed by atoms with van der Waals surface area (Å²) < 4.78 is 24.5. The summed E-state index contributed by atoms with van der Waals surface area (Å²) in [6.45, 7) is 0. The number of pyridine rings is 1. The lowest BCUT2D eigenvalue weighted by Crippen LogP contribution is -2.03. The van der Waals surface area contributed by atoms with Crippen LogP contribution in [0, 0.1) is 0 Å². The summed E-state index contributed by atoms with van der Waals surface area (Å²) in [5.41, 5.74) is -1.25. The van der Waals surface area contributed by atoms with Crippen molar-refractivity contribution in [3.63, 3.8) is 0 Å². The molecule has 0 aromatic carbocycles. The van der Waals surface area contributed by atoms with Crippen LogP contribution in [-0.2, 0) is 0 Å². The Balaban J connectivity index is 3.41. The van der Waals surface area contributed by atoms with E-state index in [1.54, 1.807) is 0 Å². The predicted octanol–water partition coefficient (Wildman–Crippen LogP) is 3.02. The third kappa shape index (κ3) is 1.93. The van der Waals surface area contributed by atoms with Crippen molar-refractivity contribution in [3.05, 3.63) is 27.5 Å². The molecule has 1 aromatic heterocycles. The summed E-state index contributed by atoms with van der Waals surface area (Å²) in [5.74, 6) is -1.49. The third-order valence-corrected chi connectivity index (χ3v) is 2.14. The number of carbonyl (C=O) groups is 1. The predicted molar refractivity (Wildman–Crippen MR) is 46.2 cm³/mol. The number of alkyl halides is 2. The molecule has 0 bridgehead atoms. The lowest BCUT2D eigenvalue weighted by molar-refractivity contribution is 0.0696. The van der Waals surface area contributed by atoms with Gasteiger partial charge < -0.3 is 5.11 Å². The zero-order valence-corrected chi connectivity index (χ0v) is 7.98. The van der Waals surface area contributed by atoms with Gasteiger partial charge in [-0.1, -0.05) is 23.2 Å². The highest BCUT2D eigenvalue weighted by molar-refractivity contribution is 6.39. The van der Waals surface area contributed by atoms with E-state index in [0.717, 1.165) is 6.20 Å². The summed E-state index contributed by atoms with van der Waals surface area (Å²) in [7, 11) is 0. The summed E-state index contributed by atoms with van der Waals surface area (Å²) in [6.07, 6.45) is -2.13. The van der Waals surface area contributed by atoms with Gasteiger partial charge in [0.15, 0.2) is 0 Å². The SMILES string of the molecule is O=C(O)c1c(Cl)ncc(C(F)F)c1Cl. The highest BCUT2D eigenvalue weighted by Gasteiger charge is 2.22. The fraction of sp³-hybridized carbons (Fsp3) is 0.143. The van der Waals surface area contributed by atoms with Gasteiger partial charge in [-0.3, -0.25) is 0 Å². The van der Waals surface area contributed by atoms with Crippen molar-refractivity contribution in [3.8, 4) is 0 Å². The van der Waals surface area contributed by atoms with E-state index in [0.29, 0.717) is 0 Å². The molecule has 3 nitrogen and oxygen atoms in total. The lowest BCUT2D eigenvalue weighted by atomic mass is 10.2. The Hall–Kier alpha value is -0.940. The molecule has 0 aliphatic heterocycles. The molecule has 0 atom stereocenters. The number of halogens is 4. The van der Waals surface area contributed by atoms with E-state index in [-0.39, 0.29) is 0 Å². The molecule has 0 aliphatic carbocycles. The number of aromatic carboxylic acids is 1. The van der Waals surface area contributed by atoms with Gasteiger partial charge in [0.05, 0.1) is 10.6 Å².